The average Bonchev–Trinajstić information content (AvgIpc) is 2.98. The Balaban J connectivity index is 1.30. The standard InChI is InChI=1S/C38H22/c1-2-10-34(32-21-29-17-13-25-7-4-8-26-14-18-30(22-32)38(29)36(25)26)33(9-1)31-19-27-15-11-23-5-3-6-24-12-16-28(20-31)37(27)35(23)24/h1-22H. The van der Waals surface area contributed by atoms with Gasteiger partial charge in [0.05, 0.1) is 0 Å². The zero-order valence-corrected chi connectivity index (χ0v) is 20.7. The van der Waals surface area contributed by atoms with E-state index >= 15 is 0 Å². The first kappa shape index (κ1) is 20.2. The summed E-state index contributed by atoms with van der Waals surface area (Å²) in [7, 11) is 0. The topological polar surface area (TPSA) is 0 Å². The maximum Gasteiger partial charge on any atom is -0.00264 e. The van der Waals surface area contributed by atoms with Crippen LogP contribution in [0.15, 0.2) is 133 Å². The van der Waals surface area contributed by atoms with Gasteiger partial charge in [0.1, 0.15) is 0 Å². The van der Waals surface area contributed by atoms with Crippen LogP contribution in [0.5, 0.6) is 0 Å². The van der Waals surface area contributed by atoms with Crippen LogP contribution in [0.3, 0.4) is 0 Å². The molecule has 0 bridgehead atoms. The van der Waals surface area contributed by atoms with Crippen molar-refractivity contribution < 1.29 is 0 Å². The molecule has 0 heteroatoms. The van der Waals surface area contributed by atoms with E-state index in [0.29, 0.717) is 0 Å². The Bertz CT molecular complexity index is 2040. The molecule has 0 saturated heterocycles. The van der Waals surface area contributed by atoms with E-state index < -0.39 is 0 Å². The predicted octanol–water partition coefficient (Wildman–Crippen LogP) is 10.8. The van der Waals surface area contributed by atoms with E-state index in [-0.39, 0.29) is 0 Å². The van der Waals surface area contributed by atoms with Crippen LogP contribution in [0.4, 0.5) is 0 Å². The van der Waals surface area contributed by atoms with E-state index in [0.717, 1.165) is 0 Å². The molecule has 0 atom stereocenters. The predicted molar refractivity (Wildman–Crippen MR) is 165 cm³/mol. The highest BCUT2D eigenvalue weighted by Gasteiger charge is 2.15. The first-order valence-corrected chi connectivity index (χ1v) is 13.3. The summed E-state index contributed by atoms with van der Waals surface area (Å²) < 4.78 is 0. The Labute approximate surface area is 220 Å². The van der Waals surface area contributed by atoms with Gasteiger partial charge in [0, 0.05) is 0 Å². The second kappa shape index (κ2) is 7.31. The van der Waals surface area contributed by atoms with Crippen molar-refractivity contribution in [1.82, 2.24) is 0 Å². The molecule has 0 nitrogen and oxygen atoms in total. The minimum Gasteiger partial charge on any atom is -0.0616 e. The summed E-state index contributed by atoms with van der Waals surface area (Å²) in [6.45, 7) is 0. The van der Waals surface area contributed by atoms with Crippen molar-refractivity contribution in [3.8, 4) is 22.3 Å². The molecule has 9 aromatic rings. The second-order valence-electron chi connectivity index (χ2n) is 10.6. The maximum absolute atomic E-state index is 2.37. The van der Waals surface area contributed by atoms with Gasteiger partial charge in [0.15, 0.2) is 0 Å². The molecule has 0 amide bonds. The van der Waals surface area contributed by atoms with Crippen LogP contribution in [-0.2, 0) is 0 Å². The molecule has 0 aliphatic carbocycles. The van der Waals surface area contributed by atoms with Gasteiger partial charge in [-0.3, -0.25) is 0 Å². The third-order valence-corrected chi connectivity index (χ3v) is 8.48. The van der Waals surface area contributed by atoms with E-state index in [1.807, 2.05) is 0 Å². The Kier molecular flexibility index (Phi) is 3.88. The summed E-state index contributed by atoms with van der Waals surface area (Å²) in [4.78, 5) is 0. The first-order chi connectivity index (χ1) is 18.8. The molecule has 0 aliphatic rings. The quantitative estimate of drug-likeness (QED) is 0.217. The van der Waals surface area contributed by atoms with E-state index in [1.54, 1.807) is 0 Å². The van der Waals surface area contributed by atoms with Gasteiger partial charge in [0.25, 0.3) is 0 Å². The van der Waals surface area contributed by atoms with E-state index in [2.05, 4.69) is 133 Å². The van der Waals surface area contributed by atoms with E-state index in [1.165, 1.54) is 86.9 Å². The molecule has 0 aromatic heterocycles. The summed E-state index contributed by atoms with van der Waals surface area (Å²) in [5.41, 5.74) is 5.06. The molecular formula is C38H22. The molecule has 0 fully saturated rings. The van der Waals surface area contributed by atoms with Crippen molar-refractivity contribution in [3.05, 3.63) is 133 Å². The lowest BCUT2D eigenvalue weighted by Gasteiger charge is -2.16. The largest absolute Gasteiger partial charge is 0.0616 e. The average molecular weight is 479 g/mol. The molecule has 0 radical (unpaired) electrons. The summed E-state index contributed by atoms with van der Waals surface area (Å²) in [5, 5.41) is 15.9. The highest BCUT2D eigenvalue weighted by atomic mass is 14.2. The summed E-state index contributed by atoms with van der Waals surface area (Å²) in [6.07, 6.45) is 0. The smallest absolute Gasteiger partial charge is 0.00264 e. The molecule has 0 saturated carbocycles. The fraction of sp³-hybridized carbons (Fsp3) is 0. The van der Waals surface area contributed by atoms with Gasteiger partial charge >= 0.3 is 0 Å². The fourth-order valence-electron chi connectivity index (χ4n) is 6.80. The van der Waals surface area contributed by atoms with Crippen molar-refractivity contribution in [3.63, 3.8) is 0 Å². The van der Waals surface area contributed by atoms with Crippen molar-refractivity contribution in [2.75, 3.05) is 0 Å². The molecule has 0 spiro atoms. The van der Waals surface area contributed by atoms with Gasteiger partial charge in [0.2, 0.25) is 0 Å². The van der Waals surface area contributed by atoms with Gasteiger partial charge in [-0.15, -0.1) is 0 Å². The normalized spacial score (nSPS) is 12.2. The molecule has 0 N–H and O–H groups in total. The second-order valence-corrected chi connectivity index (χ2v) is 10.6. The van der Waals surface area contributed by atoms with Gasteiger partial charge in [-0.25, -0.2) is 0 Å². The lowest BCUT2D eigenvalue weighted by atomic mass is 9.87. The fourth-order valence-corrected chi connectivity index (χ4v) is 6.80. The van der Waals surface area contributed by atoms with E-state index in [9.17, 15) is 0 Å². The molecule has 9 aromatic carbocycles. The van der Waals surface area contributed by atoms with Crippen LogP contribution in [0.25, 0.3) is 86.9 Å². The van der Waals surface area contributed by atoms with Crippen LogP contribution < -0.4 is 0 Å². The Morgan fingerprint density at radius 3 is 0.868 bits per heavy atom. The number of hydrogen-bond acceptors (Lipinski definition) is 0. The molecular weight excluding hydrogens is 456 g/mol. The van der Waals surface area contributed by atoms with Gasteiger partial charge < -0.3 is 0 Å². The van der Waals surface area contributed by atoms with Crippen molar-refractivity contribution in [2.24, 2.45) is 0 Å². The zero-order chi connectivity index (χ0) is 24.8. The van der Waals surface area contributed by atoms with Gasteiger partial charge in [-0.2, -0.15) is 0 Å². The maximum atomic E-state index is 2.37. The molecule has 0 unspecified atom stereocenters. The van der Waals surface area contributed by atoms with Gasteiger partial charge in [-0.05, 0) is 111 Å². The lowest BCUT2D eigenvalue weighted by Crippen LogP contribution is -1.89. The third kappa shape index (κ3) is 2.69. The number of hydrogen-bond donors (Lipinski definition) is 0. The van der Waals surface area contributed by atoms with Crippen molar-refractivity contribution >= 4 is 64.6 Å². The van der Waals surface area contributed by atoms with Crippen molar-refractivity contribution in [2.45, 2.75) is 0 Å². The molecule has 9 rings (SSSR count). The Morgan fingerprint density at radius 2 is 0.526 bits per heavy atom. The van der Waals surface area contributed by atoms with Crippen LogP contribution in [0.2, 0.25) is 0 Å². The summed E-state index contributed by atoms with van der Waals surface area (Å²) in [5.74, 6) is 0. The van der Waals surface area contributed by atoms with Crippen LogP contribution in [0, 0.1) is 0 Å². The minimum atomic E-state index is 1.26. The van der Waals surface area contributed by atoms with Gasteiger partial charge in [-0.1, -0.05) is 109 Å². The molecule has 38 heavy (non-hydrogen) atoms. The van der Waals surface area contributed by atoms with Crippen LogP contribution >= 0.6 is 0 Å². The first-order valence-electron chi connectivity index (χ1n) is 13.3. The van der Waals surface area contributed by atoms with Crippen molar-refractivity contribution in [1.29, 1.82) is 0 Å². The molecule has 0 aliphatic heterocycles. The monoisotopic (exact) mass is 478 g/mol. The summed E-state index contributed by atoms with van der Waals surface area (Å²) >= 11 is 0. The summed E-state index contributed by atoms with van der Waals surface area (Å²) in [6, 6.07) is 49.7. The molecule has 0 heterocycles. The van der Waals surface area contributed by atoms with Crippen LogP contribution in [-0.4, -0.2) is 0 Å². The highest BCUT2D eigenvalue weighted by molar-refractivity contribution is 6.25. The Morgan fingerprint density at radius 1 is 0.237 bits per heavy atom. The minimum absolute atomic E-state index is 1.26. The number of rotatable bonds is 2. The lowest BCUT2D eigenvalue weighted by molar-refractivity contribution is 1.62. The molecule has 174 valence electrons. The third-order valence-electron chi connectivity index (χ3n) is 8.48. The highest BCUT2D eigenvalue weighted by Crippen LogP contribution is 2.42. The Hall–Kier alpha value is -4.94. The zero-order valence-electron chi connectivity index (χ0n) is 20.7. The van der Waals surface area contributed by atoms with E-state index in [4.69, 9.17) is 0 Å². The number of benzene rings is 9. The SMILES string of the molecule is c1ccc(-c2cc3ccc4cccc5ccc(c2)c3c45)c(-c2cc3ccc4cccc5ccc(c2)c3c45)c1. The van der Waals surface area contributed by atoms with Crippen LogP contribution in [0.1, 0.15) is 0 Å².